The van der Waals surface area contributed by atoms with Crippen LogP contribution in [0.15, 0.2) is 41.8 Å². The molecule has 126 valence electrons. The van der Waals surface area contributed by atoms with E-state index in [4.69, 9.17) is 0 Å². The number of carbonyl (C=O) groups excluding carboxylic acids is 2. The molecule has 1 atom stereocenters. The molecule has 2 amide bonds. The lowest BCUT2D eigenvalue weighted by molar-refractivity contribution is -0.126. The Balaban J connectivity index is 1.67. The van der Waals surface area contributed by atoms with Gasteiger partial charge in [0.15, 0.2) is 0 Å². The number of carbonyl (C=O) groups is 2. The standard InChI is InChI=1S/C18H19FN2O2S/c19-14-7-2-1-6-13(14)12-20-17(22)15-8-3-4-10-21(15)18(23)16-9-5-11-24-16/h1-2,5-7,9,11,15H,3-4,8,10,12H2,(H,20,22)/t15-/m1/s1. The van der Waals surface area contributed by atoms with Crippen LogP contribution in [0.2, 0.25) is 0 Å². The van der Waals surface area contributed by atoms with E-state index in [0.29, 0.717) is 23.4 Å². The minimum absolute atomic E-state index is 0.101. The molecule has 4 nitrogen and oxygen atoms in total. The molecule has 2 aromatic rings. The van der Waals surface area contributed by atoms with Gasteiger partial charge in [-0.05, 0) is 36.8 Å². The summed E-state index contributed by atoms with van der Waals surface area (Å²) in [4.78, 5) is 27.4. The van der Waals surface area contributed by atoms with E-state index in [1.54, 1.807) is 29.2 Å². The second kappa shape index (κ2) is 7.57. The summed E-state index contributed by atoms with van der Waals surface area (Å²) in [6.07, 6.45) is 2.44. The summed E-state index contributed by atoms with van der Waals surface area (Å²) < 4.78 is 13.7. The molecule has 0 radical (unpaired) electrons. The summed E-state index contributed by atoms with van der Waals surface area (Å²) in [5.41, 5.74) is 0.442. The van der Waals surface area contributed by atoms with Crippen LogP contribution in [-0.4, -0.2) is 29.3 Å². The number of piperidine rings is 1. The smallest absolute Gasteiger partial charge is 0.264 e. The molecule has 0 unspecified atom stereocenters. The predicted octanol–water partition coefficient (Wildman–Crippen LogP) is 3.20. The molecule has 0 spiro atoms. The molecule has 1 saturated heterocycles. The number of halogens is 1. The second-order valence-corrected chi connectivity index (χ2v) is 6.74. The average Bonchev–Trinajstić information content (AvgIpc) is 3.15. The van der Waals surface area contributed by atoms with Crippen LogP contribution < -0.4 is 5.32 Å². The molecule has 2 heterocycles. The number of thiophene rings is 1. The van der Waals surface area contributed by atoms with Crippen molar-refractivity contribution < 1.29 is 14.0 Å². The van der Waals surface area contributed by atoms with E-state index in [9.17, 15) is 14.0 Å². The van der Waals surface area contributed by atoms with Crippen molar-refractivity contribution in [2.24, 2.45) is 0 Å². The van der Waals surface area contributed by atoms with Crippen molar-refractivity contribution in [2.75, 3.05) is 6.54 Å². The number of hydrogen-bond donors (Lipinski definition) is 1. The fourth-order valence-corrected chi connectivity index (χ4v) is 3.61. The van der Waals surface area contributed by atoms with Gasteiger partial charge >= 0.3 is 0 Å². The summed E-state index contributed by atoms with van der Waals surface area (Å²) in [5.74, 6) is -0.661. The van der Waals surface area contributed by atoms with E-state index in [2.05, 4.69) is 5.32 Å². The topological polar surface area (TPSA) is 49.4 Å². The Kier molecular flexibility index (Phi) is 5.25. The monoisotopic (exact) mass is 346 g/mol. The first kappa shape index (κ1) is 16.6. The number of nitrogens with zero attached hydrogens (tertiary/aromatic N) is 1. The van der Waals surface area contributed by atoms with E-state index in [1.807, 2.05) is 11.4 Å². The van der Waals surface area contributed by atoms with Crippen molar-refractivity contribution in [3.05, 3.63) is 58.0 Å². The largest absolute Gasteiger partial charge is 0.350 e. The number of rotatable bonds is 4. The van der Waals surface area contributed by atoms with Crippen molar-refractivity contribution in [1.29, 1.82) is 0 Å². The summed E-state index contributed by atoms with van der Waals surface area (Å²) >= 11 is 1.38. The lowest BCUT2D eigenvalue weighted by Gasteiger charge is -2.34. The third kappa shape index (κ3) is 3.64. The number of hydrogen-bond acceptors (Lipinski definition) is 3. The SMILES string of the molecule is O=C(NCc1ccccc1F)[C@H]1CCCCN1C(=O)c1cccs1. The zero-order valence-corrected chi connectivity index (χ0v) is 14.0. The molecule has 1 N–H and O–H groups in total. The summed E-state index contributed by atoms with van der Waals surface area (Å²) in [7, 11) is 0. The first-order chi connectivity index (χ1) is 11.7. The Hall–Kier alpha value is -2.21. The van der Waals surface area contributed by atoms with Gasteiger partial charge < -0.3 is 10.2 Å². The van der Waals surface area contributed by atoms with Crippen LogP contribution in [0.1, 0.15) is 34.5 Å². The van der Waals surface area contributed by atoms with Crippen LogP contribution in [0.3, 0.4) is 0 Å². The highest BCUT2D eigenvalue weighted by atomic mass is 32.1. The van der Waals surface area contributed by atoms with Gasteiger partial charge in [-0.2, -0.15) is 0 Å². The molecule has 1 fully saturated rings. The Labute approximate surface area is 144 Å². The zero-order valence-electron chi connectivity index (χ0n) is 13.2. The molecule has 1 aromatic heterocycles. The van der Waals surface area contributed by atoms with E-state index in [1.165, 1.54) is 17.4 Å². The molecular weight excluding hydrogens is 327 g/mol. The van der Waals surface area contributed by atoms with Gasteiger partial charge in [-0.1, -0.05) is 24.3 Å². The fraction of sp³-hybridized carbons (Fsp3) is 0.333. The maximum absolute atomic E-state index is 13.7. The third-order valence-corrected chi connectivity index (χ3v) is 5.07. The molecule has 0 aliphatic carbocycles. The van der Waals surface area contributed by atoms with Gasteiger partial charge in [-0.25, -0.2) is 4.39 Å². The summed E-state index contributed by atoms with van der Waals surface area (Å²) in [6.45, 7) is 0.706. The number of benzene rings is 1. The normalized spacial score (nSPS) is 17.5. The van der Waals surface area contributed by atoms with Crippen LogP contribution in [0, 0.1) is 5.82 Å². The molecule has 0 saturated carbocycles. The molecule has 6 heteroatoms. The van der Waals surface area contributed by atoms with E-state index in [0.717, 1.165) is 12.8 Å². The Morgan fingerprint density at radius 2 is 2.04 bits per heavy atom. The molecule has 1 aliphatic rings. The lowest BCUT2D eigenvalue weighted by Crippen LogP contribution is -2.51. The van der Waals surface area contributed by atoms with Gasteiger partial charge in [0.05, 0.1) is 4.88 Å². The highest BCUT2D eigenvalue weighted by Crippen LogP contribution is 2.22. The number of amides is 2. The highest BCUT2D eigenvalue weighted by Gasteiger charge is 2.32. The number of nitrogens with one attached hydrogen (secondary N) is 1. The predicted molar refractivity (Wildman–Crippen MR) is 91.2 cm³/mol. The van der Waals surface area contributed by atoms with Crippen molar-refractivity contribution in [2.45, 2.75) is 31.8 Å². The first-order valence-electron chi connectivity index (χ1n) is 8.02. The Morgan fingerprint density at radius 1 is 1.21 bits per heavy atom. The second-order valence-electron chi connectivity index (χ2n) is 5.80. The van der Waals surface area contributed by atoms with Crippen molar-refractivity contribution in [3.63, 3.8) is 0 Å². The molecule has 1 aromatic carbocycles. The van der Waals surface area contributed by atoms with E-state index < -0.39 is 6.04 Å². The summed E-state index contributed by atoms with van der Waals surface area (Å²) in [5, 5.41) is 4.62. The molecule has 3 rings (SSSR count). The first-order valence-corrected chi connectivity index (χ1v) is 8.90. The van der Waals surface area contributed by atoms with Crippen LogP contribution in [0.4, 0.5) is 4.39 Å². The van der Waals surface area contributed by atoms with Gasteiger partial charge in [0, 0.05) is 18.7 Å². The van der Waals surface area contributed by atoms with Crippen LogP contribution in [-0.2, 0) is 11.3 Å². The van der Waals surface area contributed by atoms with Crippen LogP contribution in [0.5, 0.6) is 0 Å². The van der Waals surface area contributed by atoms with Gasteiger partial charge in [0.2, 0.25) is 5.91 Å². The molecule has 24 heavy (non-hydrogen) atoms. The van der Waals surface area contributed by atoms with Gasteiger partial charge in [-0.15, -0.1) is 11.3 Å². The van der Waals surface area contributed by atoms with E-state index >= 15 is 0 Å². The Bertz CT molecular complexity index is 718. The maximum Gasteiger partial charge on any atom is 0.264 e. The fourth-order valence-electron chi connectivity index (χ4n) is 2.93. The molecule has 1 aliphatic heterocycles. The highest BCUT2D eigenvalue weighted by molar-refractivity contribution is 7.12. The minimum atomic E-state index is -0.486. The van der Waals surface area contributed by atoms with Crippen molar-refractivity contribution in [1.82, 2.24) is 10.2 Å². The van der Waals surface area contributed by atoms with Gasteiger partial charge in [0.25, 0.3) is 5.91 Å². The van der Waals surface area contributed by atoms with E-state index in [-0.39, 0.29) is 24.2 Å². The summed E-state index contributed by atoms with van der Waals surface area (Å²) in [6, 6.07) is 9.48. The zero-order chi connectivity index (χ0) is 16.9. The van der Waals surface area contributed by atoms with Crippen molar-refractivity contribution >= 4 is 23.2 Å². The lowest BCUT2D eigenvalue weighted by atomic mass is 10.0. The number of likely N-dealkylation sites (tertiary alicyclic amines) is 1. The maximum atomic E-state index is 13.7. The van der Waals surface area contributed by atoms with Gasteiger partial charge in [-0.3, -0.25) is 9.59 Å². The minimum Gasteiger partial charge on any atom is -0.350 e. The van der Waals surface area contributed by atoms with Crippen LogP contribution in [0.25, 0.3) is 0 Å². The van der Waals surface area contributed by atoms with Crippen LogP contribution >= 0.6 is 11.3 Å². The Morgan fingerprint density at radius 3 is 2.79 bits per heavy atom. The average molecular weight is 346 g/mol. The molecule has 0 bridgehead atoms. The van der Waals surface area contributed by atoms with Crippen molar-refractivity contribution in [3.8, 4) is 0 Å². The molecular formula is C18H19FN2O2S. The quantitative estimate of drug-likeness (QED) is 0.924. The van der Waals surface area contributed by atoms with Gasteiger partial charge in [0.1, 0.15) is 11.9 Å². The third-order valence-electron chi connectivity index (χ3n) is 4.21.